The molecule has 0 aromatic carbocycles. The van der Waals surface area contributed by atoms with Crippen LogP contribution in [0.3, 0.4) is 0 Å². The van der Waals surface area contributed by atoms with E-state index in [1.165, 1.54) is 12.0 Å². The average molecular weight is 208 g/mol. The molecule has 0 unspecified atom stereocenters. The Labute approximate surface area is 94.2 Å². The van der Waals surface area contributed by atoms with Gasteiger partial charge in [0.2, 0.25) is 0 Å². The molecule has 1 saturated heterocycles. The normalized spacial score (nSPS) is 25.9. The maximum Gasteiger partial charge on any atom is 0.0630 e. The predicted molar refractivity (Wildman–Crippen MR) is 65.9 cm³/mol. The second-order valence-electron chi connectivity index (χ2n) is 5.48. The first-order chi connectivity index (χ1) is 6.94. The van der Waals surface area contributed by atoms with E-state index in [-0.39, 0.29) is 5.60 Å². The summed E-state index contributed by atoms with van der Waals surface area (Å²) in [7, 11) is 0. The summed E-state index contributed by atoms with van der Waals surface area (Å²) in [6, 6.07) is 0. The standard InChI is InChI=1S/C14H24O/c1-6-7-13(11(2)3)8-12-9-14(4,5)15-10-12/h6-7,11-12H,1,8-10H2,2-5H3/b13-7+/t12-/m0/s1. The van der Waals surface area contributed by atoms with Gasteiger partial charge < -0.3 is 4.74 Å². The summed E-state index contributed by atoms with van der Waals surface area (Å²) >= 11 is 0. The SMILES string of the molecule is C=C/C=C(\C[C@@H]1COC(C)(C)C1)C(C)C. The average Bonchev–Trinajstić information content (AvgIpc) is 2.44. The highest BCUT2D eigenvalue weighted by Crippen LogP contribution is 2.34. The topological polar surface area (TPSA) is 9.23 Å². The molecule has 1 aliphatic rings. The van der Waals surface area contributed by atoms with Crippen molar-refractivity contribution in [1.82, 2.24) is 0 Å². The van der Waals surface area contributed by atoms with E-state index in [9.17, 15) is 0 Å². The van der Waals surface area contributed by atoms with E-state index < -0.39 is 0 Å². The molecule has 0 amide bonds. The number of rotatable bonds is 4. The summed E-state index contributed by atoms with van der Waals surface area (Å²) in [5.74, 6) is 1.31. The lowest BCUT2D eigenvalue weighted by atomic mass is 9.88. The number of hydrogen-bond donors (Lipinski definition) is 0. The van der Waals surface area contributed by atoms with Crippen molar-refractivity contribution >= 4 is 0 Å². The summed E-state index contributed by atoms with van der Waals surface area (Å²) in [5, 5.41) is 0. The molecule has 86 valence electrons. The first-order valence-corrected chi connectivity index (χ1v) is 5.90. The molecule has 0 bridgehead atoms. The molecule has 15 heavy (non-hydrogen) atoms. The summed E-state index contributed by atoms with van der Waals surface area (Å²) in [6.07, 6.45) is 6.40. The molecule has 1 atom stereocenters. The Morgan fingerprint density at radius 1 is 1.53 bits per heavy atom. The first kappa shape index (κ1) is 12.5. The highest BCUT2D eigenvalue weighted by atomic mass is 16.5. The van der Waals surface area contributed by atoms with Gasteiger partial charge in [0.1, 0.15) is 0 Å². The highest BCUT2D eigenvalue weighted by Gasteiger charge is 2.32. The van der Waals surface area contributed by atoms with Crippen molar-refractivity contribution in [2.45, 2.75) is 46.1 Å². The van der Waals surface area contributed by atoms with E-state index in [1.807, 2.05) is 6.08 Å². The first-order valence-electron chi connectivity index (χ1n) is 5.90. The van der Waals surface area contributed by atoms with E-state index in [0.29, 0.717) is 11.8 Å². The van der Waals surface area contributed by atoms with Crippen LogP contribution in [0.5, 0.6) is 0 Å². The Balaban J connectivity index is 2.54. The molecule has 1 heterocycles. The molecule has 1 nitrogen and oxygen atoms in total. The van der Waals surface area contributed by atoms with Crippen molar-refractivity contribution < 1.29 is 4.74 Å². The van der Waals surface area contributed by atoms with Crippen LogP contribution in [-0.4, -0.2) is 12.2 Å². The summed E-state index contributed by atoms with van der Waals surface area (Å²) < 4.78 is 5.76. The molecule has 1 fully saturated rings. The Hall–Kier alpha value is -0.560. The molecule has 0 saturated carbocycles. The molecule has 0 N–H and O–H groups in total. The van der Waals surface area contributed by atoms with Gasteiger partial charge in [-0.15, -0.1) is 0 Å². The van der Waals surface area contributed by atoms with Gasteiger partial charge in [0, 0.05) is 0 Å². The van der Waals surface area contributed by atoms with Gasteiger partial charge in [-0.25, -0.2) is 0 Å². The molecule has 0 aliphatic carbocycles. The maximum atomic E-state index is 5.76. The summed E-state index contributed by atoms with van der Waals surface area (Å²) in [6.45, 7) is 13.5. The van der Waals surface area contributed by atoms with Crippen molar-refractivity contribution in [3.05, 3.63) is 24.3 Å². The van der Waals surface area contributed by atoms with Crippen LogP contribution in [0, 0.1) is 11.8 Å². The van der Waals surface area contributed by atoms with E-state index in [4.69, 9.17) is 4.74 Å². The molecule has 0 aromatic rings. The molecule has 1 rings (SSSR count). The second-order valence-corrected chi connectivity index (χ2v) is 5.48. The lowest BCUT2D eigenvalue weighted by Crippen LogP contribution is -2.16. The molecule has 0 spiro atoms. The van der Waals surface area contributed by atoms with Gasteiger partial charge in [0.15, 0.2) is 0 Å². The molecular weight excluding hydrogens is 184 g/mol. The zero-order valence-electron chi connectivity index (χ0n) is 10.5. The van der Waals surface area contributed by atoms with Crippen LogP contribution in [0.1, 0.15) is 40.5 Å². The number of ether oxygens (including phenoxy) is 1. The van der Waals surface area contributed by atoms with Crippen LogP contribution in [0.25, 0.3) is 0 Å². The fourth-order valence-electron chi connectivity index (χ4n) is 2.27. The molecule has 0 aromatic heterocycles. The van der Waals surface area contributed by atoms with Crippen LogP contribution < -0.4 is 0 Å². The summed E-state index contributed by atoms with van der Waals surface area (Å²) in [5.41, 5.74) is 1.58. The zero-order valence-corrected chi connectivity index (χ0v) is 10.5. The number of allylic oxidation sites excluding steroid dienone is 3. The Kier molecular flexibility index (Phi) is 4.15. The minimum atomic E-state index is 0.0843. The third kappa shape index (κ3) is 3.83. The quantitative estimate of drug-likeness (QED) is 0.635. The van der Waals surface area contributed by atoms with Crippen LogP contribution in [0.15, 0.2) is 24.3 Å². The van der Waals surface area contributed by atoms with Crippen molar-refractivity contribution in [3.63, 3.8) is 0 Å². The molecule has 1 aliphatic heterocycles. The van der Waals surface area contributed by atoms with E-state index in [1.54, 1.807) is 0 Å². The maximum absolute atomic E-state index is 5.76. The van der Waals surface area contributed by atoms with Gasteiger partial charge in [0.25, 0.3) is 0 Å². The lowest BCUT2D eigenvalue weighted by Gasteiger charge is -2.17. The van der Waals surface area contributed by atoms with Gasteiger partial charge in [-0.2, -0.15) is 0 Å². The fraction of sp³-hybridized carbons (Fsp3) is 0.714. The largest absolute Gasteiger partial charge is 0.375 e. The molecular formula is C14H24O. The monoisotopic (exact) mass is 208 g/mol. The van der Waals surface area contributed by atoms with E-state index >= 15 is 0 Å². The zero-order chi connectivity index (χ0) is 11.5. The Bertz CT molecular complexity index is 248. The van der Waals surface area contributed by atoms with Crippen LogP contribution in [0.4, 0.5) is 0 Å². The van der Waals surface area contributed by atoms with Crippen LogP contribution in [0.2, 0.25) is 0 Å². The smallest absolute Gasteiger partial charge is 0.0630 e. The lowest BCUT2D eigenvalue weighted by molar-refractivity contribution is 0.0350. The van der Waals surface area contributed by atoms with Gasteiger partial charge in [-0.3, -0.25) is 0 Å². The minimum absolute atomic E-state index is 0.0843. The molecule has 1 heteroatoms. The van der Waals surface area contributed by atoms with Crippen molar-refractivity contribution in [2.24, 2.45) is 11.8 Å². The van der Waals surface area contributed by atoms with Gasteiger partial charge in [-0.05, 0) is 38.5 Å². The third-order valence-electron chi connectivity index (χ3n) is 3.09. The van der Waals surface area contributed by atoms with Crippen LogP contribution >= 0.6 is 0 Å². The van der Waals surface area contributed by atoms with Gasteiger partial charge >= 0.3 is 0 Å². The minimum Gasteiger partial charge on any atom is -0.375 e. The van der Waals surface area contributed by atoms with Gasteiger partial charge in [-0.1, -0.05) is 38.2 Å². The Morgan fingerprint density at radius 2 is 2.20 bits per heavy atom. The van der Waals surface area contributed by atoms with Gasteiger partial charge in [0.05, 0.1) is 12.2 Å². The third-order valence-corrected chi connectivity index (χ3v) is 3.09. The van der Waals surface area contributed by atoms with Crippen molar-refractivity contribution in [3.8, 4) is 0 Å². The molecule has 0 radical (unpaired) electrons. The van der Waals surface area contributed by atoms with E-state index in [2.05, 4.69) is 40.3 Å². The van der Waals surface area contributed by atoms with Crippen molar-refractivity contribution in [1.29, 1.82) is 0 Å². The second kappa shape index (κ2) is 4.98. The Morgan fingerprint density at radius 3 is 2.60 bits per heavy atom. The van der Waals surface area contributed by atoms with Crippen molar-refractivity contribution in [2.75, 3.05) is 6.61 Å². The fourth-order valence-corrected chi connectivity index (χ4v) is 2.27. The van der Waals surface area contributed by atoms with E-state index in [0.717, 1.165) is 13.0 Å². The number of hydrogen-bond acceptors (Lipinski definition) is 1. The summed E-state index contributed by atoms with van der Waals surface area (Å²) in [4.78, 5) is 0. The van der Waals surface area contributed by atoms with Crippen LogP contribution in [-0.2, 0) is 4.74 Å². The predicted octanol–water partition coefficient (Wildman–Crippen LogP) is 3.96. The highest BCUT2D eigenvalue weighted by molar-refractivity contribution is 5.13.